The van der Waals surface area contributed by atoms with Gasteiger partial charge in [0.05, 0.1) is 0 Å². The molecular formula is C35H34Cl2N2O3. The van der Waals surface area contributed by atoms with Crippen molar-refractivity contribution in [3.8, 4) is 0 Å². The van der Waals surface area contributed by atoms with Crippen LogP contribution in [0.25, 0.3) is 0 Å². The molecular weight excluding hydrogens is 567 g/mol. The van der Waals surface area contributed by atoms with Crippen molar-refractivity contribution in [1.29, 1.82) is 0 Å². The Bertz CT molecular complexity index is 1480. The summed E-state index contributed by atoms with van der Waals surface area (Å²) in [7, 11) is 0. The number of halogens is 2. The highest BCUT2D eigenvalue weighted by atomic mass is 35.5. The highest BCUT2D eigenvalue weighted by Crippen LogP contribution is 2.50. The molecule has 4 aromatic carbocycles. The van der Waals surface area contributed by atoms with Gasteiger partial charge in [0, 0.05) is 27.6 Å². The number of amides is 2. The van der Waals surface area contributed by atoms with Gasteiger partial charge < -0.3 is 4.74 Å². The number of ether oxygens (including phenoxy) is 1. The van der Waals surface area contributed by atoms with E-state index >= 15 is 0 Å². The second-order valence-corrected chi connectivity index (χ2v) is 12.3. The van der Waals surface area contributed by atoms with Gasteiger partial charge in [-0.1, -0.05) is 120 Å². The molecule has 7 heteroatoms. The van der Waals surface area contributed by atoms with Crippen molar-refractivity contribution >= 4 is 35.2 Å². The summed E-state index contributed by atoms with van der Waals surface area (Å²) < 4.78 is 5.85. The number of imide groups is 1. The number of rotatable bonds is 6. The Hall–Kier alpha value is -3.64. The molecule has 0 bridgehead atoms. The Morgan fingerprint density at radius 1 is 0.738 bits per heavy atom. The summed E-state index contributed by atoms with van der Waals surface area (Å²) in [4.78, 5) is 32.1. The zero-order valence-corrected chi connectivity index (χ0v) is 25.6. The van der Waals surface area contributed by atoms with E-state index in [-0.39, 0.29) is 11.9 Å². The van der Waals surface area contributed by atoms with Crippen molar-refractivity contribution in [3.63, 3.8) is 0 Å². The van der Waals surface area contributed by atoms with Gasteiger partial charge >= 0.3 is 6.09 Å². The molecule has 0 aliphatic carbocycles. The molecule has 3 atom stereocenters. The molecule has 1 aliphatic heterocycles. The van der Waals surface area contributed by atoms with Gasteiger partial charge in [-0.3, -0.25) is 9.69 Å². The van der Waals surface area contributed by atoms with Crippen LogP contribution < -0.4 is 0 Å². The van der Waals surface area contributed by atoms with Crippen LogP contribution >= 0.6 is 23.2 Å². The quantitative estimate of drug-likeness (QED) is 0.221. The molecule has 0 aromatic heterocycles. The first-order chi connectivity index (χ1) is 20.1. The van der Waals surface area contributed by atoms with Gasteiger partial charge in [0.2, 0.25) is 0 Å². The van der Waals surface area contributed by atoms with Crippen LogP contribution in [0.3, 0.4) is 0 Å². The van der Waals surface area contributed by atoms with Crippen molar-refractivity contribution in [1.82, 2.24) is 9.80 Å². The van der Waals surface area contributed by atoms with Gasteiger partial charge in [-0.15, -0.1) is 0 Å². The first kappa shape index (κ1) is 29.8. The van der Waals surface area contributed by atoms with Crippen LogP contribution in [0, 0.1) is 0 Å². The fourth-order valence-electron chi connectivity index (χ4n) is 5.76. The molecule has 1 aliphatic rings. The van der Waals surface area contributed by atoms with Crippen molar-refractivity contribution < 1.29 is 14.3 Å². The summed E-state index contributed by atoms with van der Waals surface area (Å²) in [6.45, 7) is 7.38. The normalized spacial score (nSPS) is 18.4. The lowest BCUT2D eigenvalue weighted by Gasteiger charge is -2.38. The van der Waals surface area contributed by atoms with Crippen LogP contribution in [0.4, 0.5) is 4.79 Å². The summed E-state index contributed by atoms with van der Waals surface area (Å²) in [5, 5.41) is 0.714. The van der Waals surface area contributed by atoms with Crippen LogP contribution in [-0.2, 0) is 9.53 Å². The zero-order valence-electron chi connectivity index (χ0n) is 24.1. The summed E-state index contributed by atoms with van der Waals surface area (Å²) in [6.07, 6.45) is -1.68. The molecule has 4 aromatic rings. The first-order valence-electron chi connectivity index (χ1n) is 14.0. The third-order valence-corrected chi connectivity index (χ3v) is 8.21. The maximum absolute atomic E-state index is 14.9. The maximum atomic E-state index is 14.9. The van der Waals surface area contributed by atoms with Gasteiger partial charge in [0.1, 0.15) is 17.8 Å². The summed E-state index contributed by atoms with van der Waals surface area (Å²) >= 11 is 13.7. The lowest BCUT2D eigenvalue weighted by molar-refractivity contribution is -0.129. The molecule has 5 rings (SSSR count). The summed E-state index contributed by atoms with van der Waals surface area (Å²) in [5.41, 5.74) is 2.52. The Kier molecular flexibility index (Phi) is 8.74. The lowest BCUT2D eigenvalue weighted by Crippen LogP contribution is -2.41. The van der Waals surface area contributed by atoms with Crippen molar-refractivity contribution in [2.24, 2.45) is 0 Å². The Labute approximate surface area is 257 Å². The van der Waals surface area contributed by atoms with Crippen molar-refractivity contribution in [2.75, 3.05) is 0 Å². The number of benzene rings is 4. The average Bonchev–Trinajstić information content (AvgIpc) is 3.25. The van der Waals surface area contributed by atoms with Gasteiger partial charge in [0.25, 0.3) is 5.91 Å². The highest BCUT2D eigenvalue weighted by Gasteiger charge is 2.56. The average molecular weight is 602 g/mol. The van der Waals surface area contributed by atoms with Crippen molar-refractivity contribution in [3.05, 3.63) is 141 Å². The van der Waals surface area contributed by atoms with E-state index in [4.69, 9.17) is 27.9 Å². The largest absolute Gasteiger partial charge is 0.443 e. The third-order valence-electron chi connectivity index (χ3n) is 7.55. The topological polar surface area (TPSA) is 49.9 Å². The van der Waals surface area contributed by atoms with Gasteiger partial charge in [-0.25, -0.2) is 9.69 Å². The Morgan fingerprint density at radius 2 is 1.19 bits per heavy atom. The molecule has 216 valence electrons. The van der Waals surface area contributed by atoms with E-state index in [9.17, 15) is 9.59 Å². The number of carbonyl (C=O) groups is 2. The number of hydrogen-bond acceptors (Lipinski definition) is 4. The smallest absolute Gasteiger partial charge is 0.418 e. The molecule has 0 spiro atoms. The zero-order chi connectivity index (χ0) is 30.0. The summed E-state index contributed by atoms with van der Waals surface area (Å²) in [6, 6.07) is 33.8. The lowest BCUT2D eigenvalue weighted by atomic mass is 9.83. The standard InChI is InChI=1S/C35H34Cl2N2O3/c1-23(24-15-8-5-9-16-24)38-31(29(25-17-10-6-11-18-25)26-19-12-7-13-20-26)33(40)39(34(41)42-35(2,3)4)32(38)30-27(36)21-14-22-28(30)37/h5-23,29,31-32H,1-4H3/t23-,31+,32-/m1/s1. The minimum Gasteiger partial charge on any atom is -0.443 e. The van der Waals surface area contributed by atoms with E-state index in [0.29, 0.717) is 15.6 Å². The van der Waals surface area contributed by atoms with E-state index in [2.05, 4.69) is 4.90 Å². The molecule has 0 unspecified atom stereocenters. The molecule has 0 saturated carbocycles. The minimum absolute atomic E-state index is 0.320. The van der Waals surface area contributed by atoms with Gasteiger partial charge in [-0.05, 0) is 56.5 Å². The molecule has 1 heterocycles. The fourth-order valence-corrected chi connectivity index (χ4v) is 6.35. The second kappa shape index (κ2) is 12.3. The molecule has 1 saturated heterocycles. The fraction of sp³-hybridized carbons (Fsp3) is 0.257. The SMILES string of the molecule is C[C@H](c1ccccc1)N1[C@@H](C(c2ccccc2)c2ccccc2)C(=O)N(C(=O)OC(C)(C)C)[C@@H]1c1c(Cl)cccc1Cl. The third kappa shape index (κ3) is 5.96. The minimum atomic E-state index is -0.927. The second-order valence-electron chi connectivity index (χ2n) is 11.5. The molecule has 5 nitrogen and oxygen atoms in total. The van der Waals surface area contributed by atoms with Gasteiger partial charge in [0.15, 0.2) is 0 Å². The predicted molar refractivity (Wildman–Crippen MR) is 167 cm³/mol. The first-order valence-corrected chi connectivity index (χ1v) is 14.8. The Balaban J connectivity index is 1.80. The molecule has 2 amide bonds. The molecule has 1 fully saturated rings. The van der Waals surface area contributed by atoms with Crippen molar-refractivity contribution in [2.45, 2.75) is 57.5 Å². The number of nitrogens with zero attached hydrogens (tertiary/aromatic N) is 2. The highest BCUT2D eigenvalue weighted by molar-refractivity contribution is 6.36. The van der Waals surface area contributed by atoms with Crippen LogP contribution in [-0.4, -0.2) is 33.4 Å². The van der Waals surface area contributed by atoms with Gasteiger partial charge in [-0.2, -0.15) is 0 Å². The monoisotopic (exact) mass is 600 g/mol. The van der Waals surface area contributed by atoms with E-state index in [1.54, 1.807) is 39.0 Å². The number of hydrogen-bond donors (Lipinski definition) is 0. The Morgan fingerprint density at radius 3 is 1.64 bits per heavy atom. The van der Waals surface area contributed by atoms with Crippen LogP contribution in [0.2, 0.25) is 10.0 Å². The maximum Gasteiger partial charge on any atom is 0.418 e. The molecule has 0 radical (unpaired) electrons. The summed E-state index contributed by atoms with van der Waals surface area (Å²) in [5.74, 6) is -0.798. The van der Waals surface area contributed by atoms with E-state index in [1.807, 2.05) is 97.9 Å². The number of carbonyl (C=O) groups excluding carboxylic acids is 2. The molecule has 42 heavy (non-hydrogen) atoms. The predicted octanol–water partition coefficient (Wildman–Crippen LogP) is 9.03. The molecule has 0 N–H and O–H groups in total. The van der Waals surface area contributed by atoms with Crippen LogP contribution in [0.1, 0.15) is 68.1 Å². The van der Waals surface area contributed by atoms with E-state index in [1.165, 1.54) is 4.90 Å². The van der Waals surface area contributed by atoms with Crippen LogP contribution in [0.5, 0.6) is 0 Å². The van der Waals surface area contributed by atoms with Crippen LogP contribution in [0.15, 0.2) is 109 Å². The van der Waals surface area contributed by atoms with E-state index < -0.39 is 29.8 Å². The van der Waals surface area contributed by atoms with E-state index in [0.717, 1.165) is 16.7 Å².